The summed E-state index contributed by atoms with van der Waals surface area (Å²) in [5, 5.41) is 0.878. The van der Waals surface area contributed by atoms with Crippen molar-refractivity contribution in [3.8, 4) is 0 Å². The number of rotatable bonds is 3. The number of halogens is 3. The summed E-state index contributed by atoms with van der Waals surface area (Å²) >= 11 is 3.39. The molecule has 0 N–H and O–H groups in total. The largest absolute Gasteiger partial charge is 0.337 e. The molecule has 0 bridgehead atoms. The molecule has 1 aromatic rings. The van der Waals surface area contributed by atoms with E-state index < -0.39 is 23.1 Å². The van der Waals surface area contributed by atoms with Gasteiger partial charge < -0.3 is 9.80 Å². The summed E-state index contributed by atoms with van der Waals surface area (Å²) < 4.78 is 27.3. The third kappa shape index (κ3) is 3.55. The van der Waals surface area contributed by atoms with E-state index in [0.29, 0.717) is 13.1 Å². The lowest BCUT2D eigenvalue weighted by atomic mass is 10.1. The van der Waals surface area contributed by atoms with Crippen LogP contribution in [0.2, 0.25) is 0 Å². The van der Waals surface area contributed by atoms with Gasteiger partial charge in [0.15, 0.2) is 0 Å². The van der Waals surface area contributed by atoms with Gasteiger partial charge in [-0.25, -0.2) is 8.78 Å². The van der Waals surface area contributed by atoms with Crippen LogP contribution in [0.3, 0.4) is 0 Å². The van der Waals surface area contributed by atoms with E-state index in [1.807, 2.05) is 0 Å². The van der Waals surface area contributed by atoms with Crippen molar-refractivity contribution in [3.63, 3.8) is 0 Å². The number of benzene rings is 1. The van der Waals surface area contributed by atoms with Crippen LogP contribution in [0.5, 0.6) is 0 Å². The second-order valence-corrected chi connectivity index (χ2v) is 5.57. The molecule has 0 aliphatic carbocycles. The van der Waals surface area contributed by atoms with Gasteiger partial charge >= 0.3 is 0 Å². The summed E-state index contributed by atoms with van der Waals surface area (Å²) in [6.07, 6.45) is 0.814. The molecule has 1 aliphatic heterocycles. The Hall–Kier alpha value is -1.01. The van der Waals surface area contributed by atoms with Crippen molar-refractivity contribution in [2.45, 2.75) is 6.42 Å². The quantitative estimate of drug-likeness (QED) is 0.785. The van der Waals surface area contributed by atoms with Crippen LogP contribution in [0.4, 0.5) is 8.78 Å². The Balaban J connectivity index is 2.10. The molecule has 0 spiro atoms. The Morgan fingerprint density at radius 3 is 2.50 bits per heavy atom. The number of alkyl halides is 1. The molecule has 6 heteroatoms. The molecule has 1 aliphatic rings. The van der Waals surface area contributed by atoms with Crippen molar-refractivity contribution in [2.75, 3.05) is 38.1 Å². The first-order chi connectivity index (χ1) is 9.63. The normalized spacial score (nSPS) is 17.1. The highest BCUT2D eigenvalue weighted by Gasteiger charge is 2.24. The van der Waals surface area contributed by atoms with Gasteiger partial charge in [-0.15, -0.1) is 0 Å². The lowest BCUT2D eigenvalue weighted by Crippen LogP contribution is -2.36. The molecule has 1 aromatic carbocycles. The maximum absolute atomic E-state index is 13.7. The summed E-state index contributed by atoms with van der Waals surface area (Å²) in [6, 6.07) is 3.50. The van der Waals surface area contributed by atoms with Gasteiger partial charge in [-0.3, -0.25) is 4.79 Å². The minimum atomic E-state index is -0.795. The molecule has 20 heavy (non-hydrogen) atoms. The van der Waals surface area contributed by atoms with Crippen LogP contribution in [0.1, 0.15) is 16.8 Å². The number of carbonyl (C=O) groups excluding carboxylic acids is 1. The summed E-state index contributed by atoms with van der Waals surface area (Å²) in [4.78, 5) is 16.1. The Bertz CT molecular complexity index is 464. The van der Waals surface area contributed by atoms with E-state index in [2.05, 4.69) is 20.8 Å². The average molecular weight is 347 g/mol. The topological polar surface area (TPSA) is 23.6 Å². The number of amides is 1. The van der Waals surface area contributed by atoms with Crippen molar-refractivity contribution in [3.05, 3.63) is 35.4 Å². The SMILES string of the molecule is O=C(c1c(F)cccc1F)N1CCCN(CCBr)CC1. The Kier molecular flexibility index (Phi) is 5.48. The molecular formula is C14H17BrF2N2O. The van der Waals surface area contributed by atoms with E-state index in [4.69, 9.17) is 0 Å². The fourth-order valence-electron chi connectivity index (χ4n) is 2.38. The molecule has 0 aromatic heterocycles. The molecule has 110 valence electrons. The standard InChI is InChI=1S/C14H17BrF2N2O/c15-5-8-18-6-2-7-19(10-9-18)14(20)13-11(16)3-1-4-12(13)17/h1,3-4H,2,5-10H2. The second-order valence-electron chi connectivity index (χ2n) is 4.77. The van der Waals surface area contributed by atoms with Crippen LogP contribution >= 0.6 is 15.9 Å². The van der Waals surface area contributed by atoms with Crippen LogP contribution in [0.15, 0.2) is 18.2 Å². The van der Waals surface area contributed by atoms with E-state index in [9.17, 15) is 13.6 Å². The third-order valence-electron chi connectivity index (χ3n) is 3.45. The number of hydrogen-bond donors (Lipinski definition) is 0. The first-order valence-electron chi connectivity index (χ1n) is 6.65. The van der Waals surface area contributed by atoms with Gasteiger partial charge in [-0.05, 0) is 25.1 Å². The van der Waals surface area contributed by atoms with Gasteiger partial charge in [0.2, 0.25) is 0 Å². The second kappa shape index (κ2) is 7.13. The summed E-state index contributed by atoms with van der Waals surface area (Å²) in [7, 11) is 0. The lowest BCUT2D eigenvalue weighted by Gasteiger charge is -2.22. The van der Waals surface area contributed by atoms with Gasteiger partial charge in [0.05, 0.1) is 0 Å². The van der Waals surface area contributed by atoms with Crippen molar-refractivity contribution >= 4 is 21.8 Å². The summed E-state index contributed by atoms with van der Waals surface area (Å²) in [5.41, 5.74) is -0.443. The zero-order valence-electron chi connectivity index (χ0n) is 11.1. The maximum Gasteiger partial charge on any atom is 0.259 e. The zero-order valence-corrected chi connectivity index (χ0v) is 12.7. The van der Waals surface area contributed by atoms with Crippen LogP contribution in [-0.4, -0.2) is 53.8 Å². The zero-order chi connectivity index (χ0) is 14.5. The summed E-state index contributed by atoms with van der Waals surface area (Å²) in [6.45, 7) is 3.57. The van der Waals surface area contributed by atoms with Crippen LogP contribution in [0.25, 0.3) is 0 Å². The number of hydrogen-bond acceptors (Lipinski definition) is 2. The predicted octanol–water partition coefficient (Wildman–Crippen LogP) is 2.51. The summed E-state index contributed by atoms with van der Waals surface area (Å²) in [5.74, 6) is -2.14. The molecule has 2 rings (SSSR count). The van der Waals surface area contributed by atoms with Crippen molar-refractivity contribution < 1.29 is 13.6 Å². The van der Waals surface area contributed by atoms with Crippen molar-refractivity contribution in [1.29, 1.82) is 0 Å². The molecular weight excluding hydrogens is 330 g/mol. The lowest BCUT2D eigenvalue weighted by molar-refractivity contribution is 0.0752. The molecule has 1 amide bonds. The Morgan fingerprint density at radius 1 is 1.15 bits per heavy atom. The predicted molar refractivity (Wildman–Crippen MR) is 77.1 cm³/mol. The van der Waals surface area contributed by atoms with E-state index in [-0.39, 0.29) is 0 Å². The van der Waals surface area contributed by atoms with Gasteiger partial charge in [0.1, 0.15) is 17.2 Å². The molecule has 1 saturated heterocycles. The van der Waals surface area contributed by atoms with Crippen LogP contribution in [0, 0.1) is 11.6 Å². The highest BCUT2D eigenvalue weighted by Crippen LogP contribution is 2.16. The number of carbonyl (C=O) groups is 1. The van der Waals surface area contributed by atoms with E-state index in [1.165, 1.54) is 11.0 Å². The highest BCUT2D eigenvalue weighted by atomic mass is 79.9. The monoisotopic (exact) mass is 346 g/mol. The fourth-order valence-corrected chi connectivity index (χ4v) is 2.88. The van der Waals surface area contributed by atoms with Gasteiger partial charge in [-0.1, -0.05) is 22.0 Å². The molecule has 1 heterocycles. The third-order valence-corrected chi connectivity index (χ3v) is 3.81. The smallest absolute Gasteiger partial charge is 0.259 e. The molecule has 0 saturated carbocycles. The Labute approximate surface area is 125 Å². The van der Waals surface area contributed by atoms with Gasteiger partial charge in [-0.2, -0.15) is 0 Å². The van der Waals surface area contributed by atoms with E-state index in [1.54, 1.807) is 0 Å². The highest BCUT2D eigenvalue weighted by molar-refractivity contribution is 9.09. The molecule has 0 atom stereocenters. The molecule has 0 unspecified atom stereocenters. The maximum atomic E-state index is 13.7. The fraction of sp³-hybridized carbons (Fsp3) is 0.500. The van der Waals surface area contributed by atoms with Crippen molar-refractivity contribution in [1.82, 2.24) is 9.80 Å². The van der Waals surface area contributed by atoms with Gasteiger partial charge in [0, 0.05) is 31.5 Å². The minimum Gasteiger partial charge on any atom is -0.337 e. The van der Waals surface area contributed by atoms with Crippen molar-refractivity contribution in [2.24, 2.45) is 0 Å². The first-order valence-corrected chi connectivity index (χ1v) is 7.77. The van der Waals surface area contributed by atoms with Crippen LogP contribution < -0.4 is 0 Å². The minimum absolute atomic E-state index is 0.443. The van der Waals surface area contributed by atoms with E-state index >= 15 is 0 Å². The molecule has 3 nitrogen and oxygen atoms in total. The number of nitrogens with zero attached hydrogens (tertiary/aromatic N) is 2. The van der Waals surface area contributed by atoms with E-state index in [0.717, 1.165) is 43.5 Å². The molecule has 1 fully saturated rings. The van der Waals surface area contributed by atoms with Gasteiger partial charge in [0.25, 0.3) is 5.91 Å². The molecule has 0 radical (unpaired) electrons. The average Bonchev–Trinajstić information content (AvgIpc) is 2.64. The van der Waals surface area contributed by atoms with Crippen LogP contribution in [-0.2, 0) is 0 Å². The Morgan fingerprint density at radius 2 is 1.85 bits per heavy atom. The first kappa shape index (κ1) is 15.4.